The zero-order valence-electron chi connectivity index (χ0n) is 72.3. The summed E-state index contributed by atoms with van der Waals surface area (Å²) in [5, 5.41) is 121. The summed E-state index contributed by atoms with van der Waals surface area (Å²) >= 11 is 0. The van der Waals surface area contributed by atoms with Gasteiger partial charge in [0.05, 0.1) is 38.6 Å². The predicted octanol–water partition coefficient (Wildman–Crippen LogP) is 18.9. The molecular formula is C95H175NO18. The van der Waals surface area contributed by atoms with Gasteiger partial charge in [-0.05, 0) is 57.8 Å². The number of amides is 1. The highest BCUT2D eigenvalue weighted by molar-refractivity contribution is 5.76. The normalized spacial score (nSPS) is 24.9. The van der Waals surface area contributed by atoms with Crippen molar-refractivity contribution < 1.29 is 89.4 Å². The van der Waals surface area contributed by atoms with Gasteiger partial charge < -0.3 is 89.9 Å². The second-order valence-corrected chi connectivity index (χ2v) is 33.8. The monoisotopic (exact) mass is 1620 g/mol. The molecule has 3 saturated heterocycles. The Labute approximate surface area is 694 Å². The first-order chi connectivity index (χ1) is 55.8. The van der Waals surface area contributed by atoms with Gasteiger partial charge in [0.15, 0.2) is 18.9 Å². The molecule has 12 N–H and O–H groups in total. The number of hydrogen-bond donors (Lipinski definition) is 12. The molecule has 668 valence electrons. The summed E-state index contributed by atoms with van der Waals surface area (Å²) in [5.41, 5.74) is 0. The van der Waals surface area contributed by atoms with Crippen LogP contribution in [0.1, 0.15) is 406 Å². The van der Waals surface area contributed by atoms with Crippen LogP contribution < -0.4 is 5.32 Å². The SMILES string of the molecule is CC/C=C\C/C=C\C/C=C\C/C=C\CCCCCCCCCCCCCCCCCCCCCCCCCCCCCCC(=O)NC(COC1OC(CO)C(OC2OC(CO)C(OC3OC(CO)C(O)C(O)C3O)C(O)C2O)C(O)C1O)C(O)/C=C/CCCCCCCCCCCCCCCCCCCCCCCCCCCC. The molecule has 114 heavy (non-hydrogen) atoms. The largest absolute Gasteiger partial charge is 0.394 e. The molecule has 0 aromatic rings. The average Bonchev–Trinajstić information content (AvgIpc) is 0.782. The van der Waals surface area contributed by atoms with Gasteiger partial charge in [-0.1, -0.05) is 402 Å². The number of rotatable bonds is 78. The number of carbonyl (C=O) groups is 1. The minimum atomic E-state index is -1.98. The lowest BCUT2D eigenvalue weighted by atomic mass is 9.96. The smallest absolute Gasteiger partial charge is 0.220 e. The quantitative estimate of drug-likeness (QED) is 0.0199. The summed E-state index contributed by atoms with van der Waals surface area (Å²) < 4.78 is 34.6. The van der Waals surface area contributed by atoms with Crippen LogP contribution in [0.4, 0.5) is 0 Å². The molecule has 0 aromatic heterocycles. The summed E-state index contributed by atoms with van der Waals surface area (Å²) in [7, 11) is 0. The molecule has 3 fully saturated rings. The Balaban J connectivity index is 1.29. The number of aliphatic hydroxyl groups excluding tert-OH is 11. The number of allylic oxidation sites excluding steroid dienone is 9. The summed E-state index contributed by atoms with van der Waals surface area (Å²) in [6, 6.07) is -0.974. The van der Waals surface area contributed by atoms with Gasteiger partial charge in [-0.2, -0.15) is 0 Å². The number of nitrogens with one attached hydrogen (secondary N) is 1. The Morgan fingerprint density at radius 2 is 0.605 bits per heavy atom. The van der Waals surface area contributed by atoms with E-state index in [1.54, 1.807) is 6.08 Å². The molecule has 3 aliphatic rings. The topological polar surface area (TPSA) is 307 Å². The Morgan fingerprint density at radius 3 is 0.947 bits per heavy atom. The zero-order valence-corrected chi connectivity index (χ0v) is 72.3. The highest BCUT2D eigenvalue weighted by atomic mass is 16.8. The molecule has 17 atom stereocenters. The molecule has 0 saturated carbocycles. The Kier molecular flexibility index (Phi) is 68.9. The molecule has 19 nitrogen and oxygen atoms in total. The Morgan fingerprint density at radius 1 is 0.325 bits per heavy atom. The lowest BCUT2D eigenvalue weighted by Gasteiger charge is -2.48. The maximum Gasteiger partial charge on any atom is 0.220 e. The fourth-order valence-electron chi connectivity index (χ4n) is 16.1. The van der Waals surface area contributed by atoms with Crippen molar-refractivity contribution in [1.82, 2.24) is 5.32 Å². The average molecular weight is 1620 g/mol. The summed E-state index contributed by atoms with van der Waals surface area (Å²) in [4.78, 5) is 13.5. The molecule has 0 bridgehead atoms. The van der Waals surface area contributed by atoms with E-state index in [0.29, 0.717) is 6.42 Å². The summed E-state index contributed by atoms with van der Waals surface area (Å²) in [6.07, 6.45) is 72.5. The van der Waals surface area contributed by atoms with Crippen molar-refractivity contribution in [2.75, 3.05) is 26.4 Å². The lowest BCUT2D eigenvalue weighted by Crippen LogP contribution is -2.66. The van der Waals surface area contributed by atoms with Crippen LogP contribution in [-0.2, 0) is 33.2 Å². The van der Waals surface area contributed by atoms with Crippen molar-refractivity contribution in [3.05, 3.63) is 60.8 Å². The van der Waals surface area contributed by atoms with Gasteiger partial charge >= 0.3 is 0 Å². The third-order valence-electron chi connectivity index (χ3n) is 23.6. The van der Waals surface area contributed by atoms with Gasteiger partial charge in [0.1, 0.15) is 73.2 Å². The summed E-state index contributed by atoms with van der Waals surface area (Å²) in [6.45, 7) is 1.69. The third kappa shape index (κ3) is 52.0. The van der Waals surface area contributed by atoms with Crippen LogP contribution in [0.5, 0.6) is 0 Å². The highest BCUT2D eigenvalue weighted by Crippen LogP contribution is 2.34. The van der Waals surface area contributed by atoms with E-state index in [4.69, 9.17) is 28.4 Å². The van der Waals surface area contributed by atoms with Crippen LogP contribution in [0.25, 0.3) is 0 Å². The van der Waals surface area contributed by atoms with Crippen LogP contribution in [0, 0.1) is 0 Å². The van der Waals surface area contributed by atoms with E-state index in [2.05, 4.69) is 67.8 Å². The van der Waals surface area contributed by atoms with E-state index in [9.17, 15) is 61.0 Å². The second kappa shape index (κ2) is 74.3. The first-order valence-electron chi connectivity index (χ1n) is 47.5. The molecule has 0 radical (unpaired) electrons. The standard InChI is InChI=1S/C95H175NO18/c1-3-5-7-9-11-13-15-17-19-21-23-25-27-29-31-33-34-35-36-37-38-39-40-41-42-43-44-45-47-49-51-53-55-57-59-61-63-65-67-69-71-73-83(101)96-78(79(100)72-70-68-66-64-62-60-58-56-54-52-50-48-46-32-30-28-26-24-22-20-18-16-14-12-10-8-6-4-2)77-109-93-89(107)86(104)91(81(75-98)111-93)114-95-90(108)87(105)92(82(76-99)112-95)113-94-88(106)85(103)84(102)80(74-97)110-94/h5,7,11,13,17,19,23,25,70,72,78-82,84-95,97-100,102-108H,3-4,6,8-10,12,14-16,18,20-22,24,26-69,71,73-77H2,1-2H3,(H,96,101)/b7-5-,13-11-,19-17-,25-23-,72-70+. The van der Waals surface area contributed by atoms with Gasteiger partial charge in [0, 0.05) is 6.42 Å². The maximum atomic E-state index is 13.5. The second-order valence-electron chi connectivity index (χ2n) is 33.8. The number of aliphatic hydroxyl groups is 11. The first kappa shape index (κ1) is 106. The molecule has 0 aromatic carbocycles. The van der Waals surface area contributed by atoms with Crippen molar-refractivity contribution in [3.8, 4) is 0 Å². The fourth-order valence-corrected chi connectivity index (χ4v) is 16.1. The third-order valence-corrected chi connectivity index (χ3v) is 23.6. The minimum absolute atomic E-state index is 0.247. The molecular weight excluding hydrogens is 1440 g/mol. The molecule has 0 spiro atoms. The first-order valence-corrected chi connectivity index (χ1v) is 47.5. The van der Waals surface area contributed by atoms with Crippen molar-refractivity contribution in [2.24, 2.45) is 0 Å². The molecule has 17 unspecified atom stereocenters. The predicted molar refractivity (Wildman–Crippen MR) is 462 cm³/mol. The van der Waals surface area contributed by atoms with Crippen LogP contribution in [0.3, 0.4) is 0 Å². The molecule has 3 aliphatic heterocycles. The Bertz CT molecular complexity index is 2290. The number of carbonyl (C=O) groups excluding carboxylic acids is 1. The molecule has 3 heterocycles. The minimum Gasteiger partial charge on any atom is -0.394 e. The van der Waals surface area contributed by atoms with Crippen LogP contribution in [-0.4, -0.2) is 193 Å². The van der Waals surface area contributed by atoms with Crippen LogP contribution >= 0.6 is 0 Å². The van der Waals surface area contributed by atoms with E-state index in [1.165, 1.54) is 308 Å². The van der Waals surface area contributed by atoms with Gasteiger partial charge in [-0.3, -0.25) is 4.79 Å². The zero-order chi connectivity index (χ0) is 82.4. The van der Waals surface area contributed by atoms with Crippen molar-refractivity contribution >= 4 is 5.91 Å². The van der Waals surface area contributed by atoms with Gasteiger partial charge in [-0.25, -0.2) is 0 Å². The molecule has 3 rings (SSSR count). The van der Waals surface area contributed by atoms with E-state index < -0.39 is 124 Å². The van der Waals surface area contributed by atoms with E-state index in [1.807, 2.05) is 6.08 Å². The van der Waals surface area contributed by atoms with Crippen molar-refractivity contribution in [1.29, 1.82) is 0 Å². The summed E-state index contributed by atoms with van der Waals surface area (Å²) in [5.74, 6) is -0.267. The molecule has 0 aliphatic carbocycles. The molecule has 1 amide bonds. The highest BCUT2D eigenvalue weighted by Gasteiger charge is 2.54. The van der Waals surface area contributed by atoms with Gasteiger partial charge in [-0.15, -0.1) is 0 Å². The lowest BCUT2D eigenvalue weighted by molar-refractivity contribution is -0.379. The Hall–Kier alpha value is -2.51. The van der Waals surface area contributed by atoms with E-state index >= 15 is 0 Å². The fraction of sp³-hybridized carbons (Fsp3) is 0.884. The van der Waals surface area contributed by atoms with Crippen molar-refractivity contribution in [2.45, 2.75) is 510 Å². The van der Waals surface area contributed by atoms with E-state index in [0.717, 1.165) is 70.6 Å². The number of ether oxygens (including phenoxy) is 6. The van der Waals surface area contributed by atoms with E-state index in [-0.39, 0.29) is 18.9 Å². The van der Waals surface area contributed by atoms with Crippen molar-refractivity contribution in [3.63, 3.8) is 0 Å². The van der Waals surface area contributed by atoms with Crippen LogP contribution in [0.2, 0.25) is 0 Å². The number of hydrogen-bond acceptors (Lipinski definition) is 18. The number of unbranched alkanes of at least 4 members (excludes halogenated alkanes) is 54. The van der Waals surface area contributed by atoms with Gasteiger partial charge in [0.25, 0.3) is 0 Å². The molecule has 19 heteroatoms. The van der Waals surface area contributed by atoms with Gasteiger partial charge in [0.2, 0.25) is 5.91 Å². The van der Waals surface area contributed by atoms with Crippen LogP contribution in [0.15, 0.2) is 60.8 Å². The maximum absolute atomic E-state index is 13.5.